The molecule has 0 radical (unpaired) electrons. The van der Waals surface area contributed by atoms with E-state index >= 15 is 0 Å². The van der Waals surface area contributed by atoms with Gasteiger partial charge in [0.05, 0.1) is 6.61 Å². The average molecular weight is 390 g/mol. The first kappa shape index (κ1) is 20.1. The summed E-state index contributed by atoms with van der Waals surface area (Å²) in [4.78, 5) is 28.0. The van der Waals surface area contributed by atoms with Crippen molar-refractivity contribution in [2.45, 2.75) is 19.8 Å². The lowest BCUT2D eigenvalue weighted by molar-refractivity contribution is -0.116. The van der Waals surface area contributed by atoms with Gasteiger partial charge in [-0.2, -0.15) is 0 Å². The molecule has 1 amide bonds. The molecular formula is C23H22N2O4. The molecule has 0 saturated heterocycles. The fraction of sp³-hybridized carbons (Fsp3) is 0.174. The number of benzene rings is 2. The number of nitrogens with zero attached hydrogens (tertiary/aromatic N) is 1. The average Bonchev–Trinajstić information content (AvgIpc) is 2.75. The number of rotatable bonds is 9. The van der Waals surface area contributed by atoms with Crippen LogP contribution in [0.5, 0.6) is 17.2 Å². The summed E-state index contributed by atoms with van der Waals surface area (Å²) in [6, 6.07) is 17.8. The van der Waals surface area contributed by atoms with Crippen molar-refractivity contribution in [3.05, 3.63) is 78.6 Å². The maximum Gasteiger partial charge on any atom is 0.224 e. The third-order valence-electron chi connectivity index (χ3n) is 4.07. The van der Waals surface area contributed by atoms with Gasteiger partial charge in [-0.3, -0.25) is 14.6 Å². The van der Waals surface area contributed by atoms with Crippen molar-refractivity contribution in [3.63, 3.8) is 0 Å². The van der Waals surface area contributed by atoms with Crippen molar-refractivity contribution in [2.75, 3.05) is 11.9 Å². The minimum atomic E-state index is -0.220. The number of carbonyl (C=O) groups excluding carboxylic acids is 2. The fourth-order valence-corrected chi connectivity index (χ4v) is 2.64. The molecule has 3 aromatic rings. The summed E-state index contributed by atoms with van der Waals surface area (Å²) >= 11 is 0. The molecule has 0 aliphatic carbocycles. The predicted molar refractivity (Wildman–Crippen MR) is 111 cm³/mol. The van der Waals surface area contributed by atoms with E-state index in [1.165, 1.54) is 6.20 Å². The molecule has 0 saturated carbocycles. The van der Waals surface area contributed by atoms with Crippen LogP contribution in [0.2, 0.25) is 0 Å². The third kappa shape index (κ3) is 6.17. The number of pyridine rings is 1. The number of hydrogen-bond acceptors (Lipinski definition) is 5. The number of ether oxygens (including phenoxy) is 2. The Morgan fingerprint density at radius 2 is 1.55 bits per heavy atom. The lowest BCUT2D eigenvalue weighted by atomic mass is 10.1. The summed E-state index contributed by atoms with van der Waals surface area (Å²) < 4.78 is 11.2. The highest BCUT2D eigenvalue weighted by molar-refractivity contribution is 5.99. The highest BCUT2D eigenvalue weighted by atomic mass is 16.5. The number of anilines is 1. The van der Waals surface area contributed by atoms with Crippen LogP contribution in [0.25, 0.3) is 0 Å². The minimum absolute atomic E-state index is 0.104. The number of hydrogen-bond donors (Lipinski definition) is 1. The molecule has 0 aliphatic rings. The van der Waals surface area contributed by atoms with Gasteiger partial charge in [0, 0.05) is 36.5 Å². The summed E-state index contributed by atoms with van der Waals surface area (Å²) in [6.45, 7) is 2.55. The van der Waals surface area contributed by atoms with Crippen LogP contribution >= 0.6 is 0 Å². The zero-order valence-electron chi connectivity index (χ0n) is 16.1. The maximum atomic E-state index is 12.1. The van der Waals surface area contributed by atoms with Gasteiger partial charge >= 0.3 is 0 Å². The summed E-state index contributed by atoms with van der Waals surface area (Å²) in [6.07, 6.45) is 3.35. The second-order valence-electron chi connectivity index (χ2n) is 6.24. The Morgan fingerprint density at radius 3 is 2.17 bits per heavy atom. The summed E-state index contributed by atoms with van der Waals surface area (Å²) in [5.74, 6) is 1.81. The normalized spacial score (nSPS) is 10.2. The molecule has 148 valence electrons. The van der Waals surface area contributed by atoms with Gasteiger partial charge < -0.3 is 14.8 Å². The first-order valence-corrected chi connectivity index (χ1v) is 9.38. The molecule has 1 heterocycles. The molecule has 29 heavy (non-hydrogen) atoms. The van der Waals surface area contributed by atoms with Crippen LogP contribution in [0.15, 0.2) is 73.1 Å². The van der Waals surface area contributed by atoms with Gasteiger partial charge in [0.1, 0.15) is 17.2 Å². The van der Waals surface area contributed by atoms with Crippen molar-refractivity contribution in [3.8, 4) is 17.2 Å². The van der Waals surface area contributed by atoms with E-state index in [1.54, 1.807) is 42.6 Å². The maximum absolute atomic E-state index is 12.1. The molecule has 1 N–H and O–H groups in total. The van der Waals surface area contributed by atoms with E-state index in [9.17, 15) is 9.59 Å². The van der Waals surface area contributed by atoms with E-state index in [-0.39, 0.29) is 24.5 Å². The highest BCUT2D eigenvalue weighted by Gasteiger charge is 2.10. The van der Waals surface area contributed by atoms with Gasteiger partial charge in [0.25, 0.3) is 0 Å². The first-order chi connectivity index (χ1) is 14.1. The molecule has 0 spiro atoms. The molecule has 0 aliphatic heterocycles. The molecule has 3 rings (SSSR count). The second-order valence-corrected chi connectivity index (χ2v) is 6.24. The van der Waals surface area contributed by atoms with Crippen LogP contribution in [0.3, 0.4) is 0 Å². The van der Waals surface area contributed by atoms with Gasteiger partial charge in [-0.05, 0) is 67.6 Å². The van der Waals surface area contributed by atoms with Gasteiger partial charge in [0.2, 0.25) is 5.91 Å². The van der Waals surface area contributed by atoms with Crippen molar-refractivity contribution >= 4 is 17.4 Å². The van der Waals surface area contributed by atoms with Crippen LogP contribution in [-0.2, 0) is 4.79 Å². The highest BCUT2D eigenvalue weighted by Crippen LogP contribution is 2.25. The van der Waals surface area contributed by atoms with Crippen LogP contribution in [0.1, 0.15) is 30.1 Å². The Kier molecular flexibility index (Phi) is 6.95. The van der Waals surface area contributed by atoms with Crippen molar-refractivity contribution in [2.24, 2.45) is 0 Å². The summed E-state index contributed by atoms with van der Waals surface area (Å²) in [5.41, 5.74) is 1.15. The largest absolute Gasteiger partial charge is 0.494 e. The minimum Gasteiger partial charge on any atom is -0.494 e. The van der Waals surface area contributed by atoms with Crippen LogP contribution in [0, 0.1) is 0 Å². The van der Waals surface area contributed by atoms with Gasteiger partial charge in [0.15, 0.2) is 5.78 Å². The van der Waals surface area contributed by atoms with E-state index in [2.05, 4.69) is 10.3 Å². The molecule has 2 aromatic carbocycles. The van der Waals surface area contributed by atoms with Gasteiger partial charge in [-0.15, -0.1) is 0 Å². The molecule has 6 heteroatoms. The Hall–Kier alpha value is -3.67. The second kappa shape index (κ2) is 10.0. The molecule has 1 aromatic heterocycles. The van der Waals surface area contributed by atoms with E-state index in [0.29, 0.717) is 29.4 Å². The standard InChI is InChI=1S/C23H22N2O4/c1-2-28-19-9-11-21(12-10-19)29-20-7-5-18(6-8-20)25-23(27)14-13-22(26)17-4-3-15-24-16-17/h3-12,15-16H,2,13-14H2,1H3,(H,25,27). The lowest BCUT2D eigenvalue weighted by Gasteiger charge is -2.09. The number of carbonyl (C=O) groups is 2. The Morgan fingerprint density at radius 1 is 0.897 bits per heavy atom. The summed E-state index contributed by atoms with van der Waals surface area (Å²) in [5, 5.41) is 2.78. The quantitative estimate of drug-likeness (QED) is 0.527. The van der Waals surface area contributed by atoms with E-state index in [0.717, 1.165) is 5.75 Å². The number of ketones is 1. The Balaban J connectivity index is 1.48. The number of amides is 1. The number of Topliss-reactive ketones (excluding diaryl/α,β-unsaturated/α-hetero) is 1. The Bertz CT molecular complexity index is 939. The zero-order valence-corrected chi connectivity index (χ0v) is 16.1. The number of nitrogens with one attached hydrogen (secondary N) is 1. The summed E-state index contributed by atoms with van der Waals surface area (Å²) in [7, 11) is 0. The lowest BCUT2D eigenvalue weighted by Crippen LogP contribution is -2.13. The fourth-order valence-electron chi connectivity index (χ4n) is 2.64. The number of aromatic nitrogens is 1. The van der Waals surface area contributed by atoms with Crippen molar-refractivity contribution in [1.82, 2.24) is 4.98 Å². The first-order valence-electron chi connectivity index (χ1n) is 9.38. The topological polar surface area (TPSA) is 77.5 Å². The molecule has 0 bridgehead atoms. The van der Waals surface area contributed by atoms with E-state index in [4.69, 9.17) is 9.47 Å². The van der Waals surface area contributed by atoms with Crippen molar-refractivity contribution < 1.29 is 19.1 Å². The molecule has 0 unspecified atom stereocenters. The molecule has 6 nitrogen and oxygen atoms in total. The molecule has 0 atom stereocenters. The van der Waals surface area contributed by atoms with Gasteiger partial charge in [-0.1, -0.05) is 0 Å². The zero-order chi connectivity index (χ0) is 20.5. The smallest absolute Gasteiger partial charge is 0.224 e. The van der Waals surface area contributed by atoms with E-state index in [1.807, 2.05) is 31.2 Å². The predicted octanol–water partition coefficient (Wildman–Crippen LogP) is 4.87. The van der Waals surface area contributed by atoms with Crippen molar-refractivity contribution in [1.29, 1.82) is 0 Å². The Labute approximate surface area is 169 Å². The molecule has 0 fully saturated rings. The van der Waals surface area contributed by atoms with E-state index < -0.39 is 0 Å². The van der Waals surface area contributed by atoms with Gasteiger partial charge in [-0.25, -0.2) is 0 Å². The van der Waals surface area contributed by atoms with Crippen LogP contribution in [-0.4, -0.2) is 23.3 Å². The van der Waals surface area contributed by atoms with Crippen LogP contribution in [0.4, 0.5) is 5.69 Å². The molecular weight excluding hydrogens is 368 g/mol. The third-order valence-corrected chi connectivity index (χ3v) is 4.07. The van der Waals surface area contributed by atoms with Crippen LogP contribution < -0.4 is 14.8 Å². The monoisotopic (exact) mass is 390 g/mol. The SMILES string of the molecule is CCOc1ccc(Oc2ccc(NC(=O)CCC(=O)c3cccnc3)cc2)cc1.